The van der Waals surface area contributed by atoms with Crippen molar-refractivity contribution in [3.05, 3.63) is 36.5 Å². The summed E-state index contributed by atoms with van der Waals surface area (Å²) < 4.78 is 7.34. The van der Waals surface area contributed by atoms with Crippen molar-refractivity contribution in [2.45, 2.75) is 13.0 Å². The van der Waals surface area contributed by atoms with Crippen LogP contribution in [-0.4, -0.2) is 41.7 Å². The Morgan fingerprint density at radius 1 is 1.21 bits per heavy atom. The number of amides is 1. The SMILES string of the molecule is CC(C(=O)N1CCOCC1)n1ccc2ccccc21. The molecule has 19 heavy (non-hydrogen) atoms. The van der Waals surface area contributed by atoms with E-state index in [9.17, 15) is 4.79 Å². The molecule has 1 aliphatic rings. The van der Waals surface area contributed by atoms with E-state index in [0.717, 1.165) is 5.52 Å². The molecule has 0 spiro atoms. The molecule has 0 radical (unpaired) electrons. The van der Waals surface area contributed by atoms with E-state index in [4.69, 9.17) is 4.74 Å². The Morgan fingerprint density at radius 3 is 2.74 bits per heavy atom. The summed E-state index contributed by atoms with van der Waals surface area (Å²) in [6.07, 6.45) is 1.99. The van der Waals surface area contributed by atoms with Crippen molar-refractivity contribution < 1.29 is 9.53 Å². The molecule has 1 aromatic carbocycles. The summed E-state index contributed by atoms with van der Waals surface area (Å²) in [7, 11) is 0. The molecule has 1 fully saturated rings. The summed E-state index contributed by atoms with van der Waals surface area (Å²) in [6, 6.07) is 10.0. The van der Waals surface area contributed by atoms with Gasteiger partial charge in [-0.1, -0.05) is 18.2 Å². The second-order valence-corrected chi connectivity index (χ2v) is 4.90. The number of carbonyl (C=O) groups excluding carboxylic acids is 1. The molecule has 4 nitrogen and oxygen atoms in total. The zero-order chi connectivity index (χ0) is 13.2. The molecule has 100 valence electrons. The molecular weight excluding hydrogens is 240 g/mol. The van der Waals surface area contributed by atoms with Gasteiger partial charge in [-0.05, 0) is 24.4 Å². The summed E-state index contributed by atoms with van der Waals surface area (Å²) >= 11 is 0. The highest BCUT2D eigenvalue weighted by Gasteiger charge is 2.24. The molecule has 0 bridgehead atoms. The summed E-state index contributed by atoms with van der Waals surface area (Å²) in [5.41, 5.74) is 1.11. The summed E-state index contributed by atoms with van der Waals surface area (Å²) in [6.45, 7) is 4.64. The lowest BCUT2D eigenvalue weighted by Crippen LogP contribution is -2.43. The Morgan fingerprint density at radius 2 is 1.95 bits per heavy atom. The van der Waals surface area contributed by atoms with Gasteiger partial charge in [-0.25, -0.2) is 0 Å². The maximum Gasteiger partial charge on any atom is 0.245 e. The Bertz CT molecular complexity index is 585. The molecule has 1 aliphatic heterocycles. The van der Waals surface area contributed by atoms with Crippen molar-refractivity contribution in [2.75, 3.05) is 26.3 Å². The summed E-state index contributed by atoms with van der Waals surface area (Å²) in [5.74, 6) is 0.171. The van der Waals surface area contributed by atoms with Crippen LogP contribution in [0, 0.1) is 0 Å². The highest BCUT2D eigenvalue weighted by Crippen LogP contribution is 2.21. The third-order valence-corrected chi connectivity index (χ3v) is 3.73. The largest absolute Gasteiger partial charge is 0.378 e. The van der Waals surface area contributed by atoms with Crippen LogP contribution >= 0.6 is 0 Å². The van der Waals surface area contributed by atoms with Crippen molar-refractivity contribution in [3.63, 3.8) is 0 Å². The molecule has 1 atom stereocenters. The molecule has 2 heterocycles. The predicted molar refractivity (Wildman–Crippen MR) is 74.0 cm³/mol. The molecule has 0 saturated carbocycles. The lowest BCUT2D eigenvalue weighted by Gasteiger charge is -2.30. The van der Waals surface area contributed by atoms with E-state index < -0.39 is 0 Å². The lowest BCUT2D eigenvalue weighted by molar-refractivity contribution is -0.138. The predicted octanol–water partition coefficient (Wildman–Crippen LogP) is 2.06. The van der Waals surface area contributed by atoms with Crippen LogP contribution in [0.15, 0.2) is 36.5 Å². The molecule has 3 rings (SSSR count). The van der Waals surface area contributed by atoms with E-state index in [2.05, 4.69) is 18.2 Å². The maximum atomic E-state index is 12.5. The zero-order valence-corrected chi connectivity index (χ0v) is 11.1. The normalized spacial score (nSPS) is 17.6. The molecule has 1 amide bonds. The van der Waals surface area contributed by atoms with Crippen molar-refractivity contribution in [1.82, 2.24) is 9.47 Å². The number of fused-ring (bicyclic) bond motifs is 1. The van der Waals surface area contributed by atoms with Gasteiger partial charge in [0.05, 0.1) is 13.2 Å². The van der Waals surface area contributed by atoms with Crippen molar-refractivity contribution in [1.29, 1.82) is 0 Å². The van der Waals surface area contributed by atoms with Crippen LogP contribution in [0.3, 0.4) is 0 Å². The number of benzene rings is 1. The quantitative estimate of drug-likeness (QED) is 0.826. The van der Waals surface area contributed by atoms with Crippen LogP contribution in [0.2, 0.25) is 0 Å². The number of rotatable bonds is 2. The Hall–Kier alpha value is -1.81. The fraction of sp³-hybridized carbons (Fsp3) is 0.400. The van der Waals surface area contributed by atoms with E-state index in [1.807, 2.05) is 34.7 Å². The second kappa shape index (κ2) is 5.05. The van der Waals surface area contributed by atoms with E-state index in [1.165, 1.54) is 5.39 Å². The van der Waals surface area contributed by atoms with Crippen LogP contribution in [0.4, 0.5) is 0 Å². The van der Waals surface area contributed by atoms with Crippen LogP contribution in [0.5, 0.6) is 0 Å². The number of hydrogen-bond donors (Lipinski definition) is 0. The smallest absolute Gasteiger partial charge is 0.245 e. The Kier molecular flexibility index (Phi) is 3.25. The van der Waals surface area contributed by atoms with Gasteiger partial charge in [-0.2, -0.15) is 0 Å². The fourth-order valence-corrected chi connectivity index (χ4v) is 2.61. The van der Waals surface area contributed by atoms with E-state index in [-0.39, 0.29) is 11.9 Å². The highest BCUT2D eigenvalue weighted by molar-refractivity contribution is 5.85. The molecule has 2 aromatic rings. The number of ether oxygens (including phenoxy) is 1. The first-order valence-electron chi connectivity index (χ1n) is 6.69. The van der Waals surface area contributed by atoms with E-state index >= 15 is 0 Å². The minimum absolute atomic E-state index is 0.169. The molecule has 1 aromatic heterocycles. The number of para-hydroxylation sites is 1. The topological polar surface area (TPSA) is 34.5 Å². The first-order valence-corrected chi connectivity index (χ1v) is 6.69. The number of morpholine rings is 1. The molecule has 0 aliphatic carbocycles. The van der Waals surface area contributed by atoms with Gasteiger partial charge in [0.1, 0.15) is 6.04 Å². The third kappa shape index (κ3) is 2.24. The van der Waals surface area contributed by atoms with Crippen LogP contribution in [0.1, 0.15) is 13.0 Å². The number of aromatic nitrogens is 1. The van der Waals surface area contributed by atoms with E-state index in [0.29, 0.717) is 26.3 Å². The molecular formula is C15H18N2O2. The second-order valence-electron chi connectivity index (χ2n) is 4.90. The molecule has 4 heteroatoms. The number of hydrogen-bond acceptors (Lipinski definition) is 2. The molecule has 0 N–H and O–H groups in total. The Balaban J connectivity index is 1.86. The van der Waals surface area contributed by atoms with Crippen LogP contribution in [-0.2, 0) is 9.53 Å². The highest BCUT2D eigenvalue weighted by atomic mass is 16.5. The first-order chi connectivity index (χ1) is 9.27. The number of carbonyl (C=O) groups is 1. The third-order valence-electron chi connectivity index (χ3n) is 3.73. The van der Waals surface area contributed by atoms with E-state index in [1.54, 1.807) is 0 Å². The van der Waals surface area contributed by atoms with Gasteiger partial charge >= 0.3 is 0 Å². The van der Waals surface area contributed by atoms with Crippen LogP contribution in [0.25, 0.3) is 10.9 Å². The van der Waals surface area contributed by atoms with Gasteiger partial charge in [0.25, 0.3) is 0 Å². The lowest BCUT2D eigenvalue weighted by atomic mass is 10.2. The average Bonchev–Trinajstić information content (AvgIpc) is 2.90. The minimum Gasteiger partial charge on any atom is -0.378 e. The van der Waals surface area contributed by atoms with Gasteiger partial charge in [0.15, 0.2) is 0 Å². The zero-order valence-electron chi connectivity index (χ0n) is 11.1. The number of nitrogens with zero attached hydrogens (tertiary/aromatic N) is 2. The van der Waals surface area contributed by atoms with Gasteiger partial charge in [-0.3, -0.25) is 4.79 Å². The summed E-state index contributed by atoms with van der Waals surface area (Å²) in [5, 5.41) is 1.17. The maximum absolute atomic E-state index is 12.5. The monoisotopic (exact) mass is 258 g/mol. The van der Waals surface area contributed by atoms with Crippen LogP contribution < -0.4 is 0 Å². The fourth-order valence-electron chi connectivity index (χ4n) is 2.61. The van der Waals surface area contributed by atoms with Gasteiger partial charge < -0.3 is 14.2 Å². The Labute approximate surface area is 112 Å². The van der Waals surface area contributed by atoms with Gasteiger partial charge in [0.2, 0.25) is 5.91 Å². The molecule has 1 saturated heterocycles. The van der Waals surface area contributed by atoms with Crippen molar-refractivity contribution >= 4 is 16.8 Å². The first kappa shape index (κ1) is 12.2. The molecule has 1 unspecified atom stereocenters. The minimum atomic E-state index is -0.169. The van der Waals surface area contributed by atoms with Gasteiger partial charge in [0, 0.05) is 24.8 Å². The standard InChI is InChI=1S/C15H18N2O2/c1-12(15(18)16-8-10-19-11-9-16)17-7-6-13-4-2-3-5-14(13)17/h2-7,12H,8-11H2,1H3. The summed E-state index contributed by atoms with van der Waals surface area (Å²) in [4.78, 5) is 14.4. The van der Waals surface area contributed by atoms with Crippen molar-refractivity contribution in [3.8, 4) is 0 Å². The average molecular weight is 258 g/mol. The van der Waals surface area contributed by atoms with Crippen molar-refractivity contribution in [2.24, 2.45) is 0 Å². The van der Waals surface area contributed by atoms with Gasteiger partial charge in [-0.15, -0.1) is 0 Å².